The molecule has 0 atom stereocenters. The van der Waals surface area contributed by atoms with Crippen molar-refractivity contribution in [2.45, 2.75) is 6.42 Å². The van der Waals surface area contributed by atoms with Gasteiger partial charge in [0.05, 0.1) is 6.61 Å². The molecule has 1 nitrogen and oxygen atoms in total. The van der Waals surface area contributed by atoms with E-state index in [0.29, 0.717) is 6.61 Å². The first-order chi connectivity index (χ1) is 7.88. The standard InChI is InChI=1S/C15H15O/c1-2-16-15-10-8-14(9-11-15)12-13-6-4-3-5-7-13/h3-11H,1-2,12H2. The average Bonchev–Trinajstić information content (AvgIpc) is 2.33. The van der Waals surface area contributed by atoms with Gasteiger partial charge in [-0.2, -0.15) is 0 Å². The van der Waals surface area contributed by atoms with E-state index in [2.05, 4.69) is 43.3 Å². The van der Waals surface area contributed by atoms with Gasteiger partial charge in [-0.3, -0.25) is 0 Å². The van der Waals surface area contributed by atoms with Crippen LogP contribution in [0, 0.1) is 6.92 Å². The molecule has 0 N–H and O–H groups in total. The minimum absolute atomic E-state index is 0.470. The summed E-state index contributed by atoms with van der Waals surface area (Å²) in [6.45, 7) is 4.12. The quantitative estimate of drug-likeness (QED) is 0.752. The fourth-order valence-electron chi connectivity index (χ4n) is 1.65. The maximum absolute atomic E-state index is 5.30. The SMILES string of the molecule is [CH2]COc1ccc(Cc2ccccc2)cc1. The zero-order valence-corrected chi connectivity index (χ0v) is 9.23. The van der Waals surface area contributed by atoms with Crippen LogP contribution >= 0.6 is 0 Å². The van der Waals surface area contributed by atoms with E-state index in [-0.39, 0.29) is 0 Å². The van der Waals surface area contributed by atoms with Crippen molar-refractivity contribution < 1.29 is 4.74 Å². The molecule has 0 bridgehead atoms. The second-order valence-electron chi connectivity index (χ2n) is 3.65. The largest absolute Gasteiger partial charge is 0.494 e. The molecule has 2 aromatic rings. The van der Waals surface area contributed by atoms with Crippen LogP contribution < -0.4 is 4.74 Å². The molecule has 0 aliphatic carbocycles. The normalized spacial score (nSPS) is 10.1. The zero-order valence-electron chi connectivity index (χ0n) is 9.23. The van der Waals surface area contributed by atoms with E-state index in [1.165, 1.54) is 11.1 Å². The maximum atomic E-state index is 5.30. The molecule has 0 saturated heterocycles. The Kier molecular flexibility index (Phi) is 3.60. The highest BCUT2D eigenvalue weighted by atomic mass is 16.5. The van der Waals surface area contributed by atoms with Gasteiger partial charge < -0.3 is 4.74 Å². The third kappa shape index (κ3) is 2.86. The Morgan fingerprint density at radius 3 is 2.06 bits per heavy atom. The van der Waals surface area contributed by atoms with Crippen molar-refractivity contribution in [3.8, 4) is 5.75 Å². The Labute approximate surface area is 96.7 Å². The summed E-state index contributed by atoms with van der Waals surface area (Å²) in [6.07, 6.45) is 0.964. The molecule has 2 rings (SSSR count). The Bertz CT molecular complexity index is 417. The van der Waals surface area contributed by atoms with Crippen LogP contribution in [0.4, 0.5) is 0 Å². The highest BCUT2D eigenvalue weighted by molar-refractivity contribution is 5.31. The Hall–Kier alpha value is -1.76. The lowest BCUT2D eigenvalue weighted by Crippen LogP contribution is -1.92. The van der Waals surface area contributed by atoms with E-state index >= 15 is 0 Å². The van der Waals surface area contributed by atoms with Gasteiger partial charge in [0.1, 0.15) is 5.75 Å². The first-order valence-electron chi connectivity index (χ1n) is 5.43. The summed E-state index contributed by atoms with van der Waals surface area (Å²) in [7, 11) is 0. The van der Waals surface area contributed by atoms with Gasteiger partial charge >= 0.3 is 0 Å². The molecular formula is C15H15O. The van der Waals surface area contributed by atoms with Gasteiger partial charge in [0.25, 0.3) is 0 Å². The van der Waals surface area contributed by atoms with Gasteiger partial charge in [-0.1, -0.05) is 42.5 Å². The van der Waals surface area contributed by atoms with Crippen LogP contribution in [0.15, 0.2) is 54.6 Å². The third-order valence-corrected chi connectivity index (χ3v) is 2.44. The molecule has 2 aromatic carbocycles. The molecule has 0 aliphatic heterocycles. The van der Waals surface area contributed by atoms with Crippen molar-refractivity contribution in [1.29, 1.82) is 0 Å². The van der Waals surface area contributed by atoms with Crippen LogP contribution in [-0.2, 0) is 6.42 Å². The fraction of sp³-hybridized carbons (Fsp3) is 0.133. The molecule has 81 valence electrons. The summed E-state index contributed by atoms with van der Waals surface area (Å²) in [5.41, 5.74) is 2.62. The van der Waals surface area contributed by atoms with E-state index < -0.39 is 0 Å². The Balaban J connectivity index is 2.05. The molecule has 0 heterocycles. The van der Waals surface area contributed by atoms with Gasteiger partial charge in [-0.15, -0.1) is 0 Å². The lowest BCUT2D eigenvalue weighted by Gasteiger charge is -2.05. The van der Waals surface area contributed by atoms with Gasteiger partial charge in [0.2, 0.25) is 0 Å². The highest BCUT2D eigenvalue weighted by Gasteiger charge is 1.96. The first kappa shape index (κ1) is 10.7. The Morgan fingerprint density at radius 2 is 1.44 bits per heavy atom. The average molecular weight is 211 g/mol. The second-order valence-corrected chi connectivity index (χ2v) is 3.65. The number of hydrogen-bond acceptors (Lipinski definition) is 1. The fourth-order valence-corrected chi connectivity index (χ4v) is 1.65. The van der Waals surface area contributed by atoms with Crippen LogP contribution in [0.3, 0.4) is 0 Å². The topological polar surface area (TPSA) is 9.23 Å². The summed E-state index contributed by atoms with van der Waals surface area (Å²) < 4.78 is 5.30. The number of benzene rings is 2. The van der Waals surface area contributed by atoms with Crippen molar-refractivity contribution in [3.63, 3.8) is 0 Å². The van der Waals surface area contributed by atoms with Gasteiger partial charge in [-0.25, -0.2) is 0 Å². The Morgan fingerprint density at radius 1 is 0.812 bits per heavy atom. The van der Waals surface area contributed by atoms with Crippen molar-refractivity contribution in [3.05, 3.63) is 72.6 Å². The molecule has 0 amide bonds. The maximum Gasteiger partial charge on any atom is 0.119 e. The molecule has 0 aromatic heterocycles. The number of hydrogen-bond donors (Lipinski definition) is 0. The van der Waals surface area contributed by atoms with Gasteiger partial charge in [0.15, 0.2) is 0 Å². The monoisotopic (exact) mass is 211 g/mol. The van der Waals surface area contributed by atoms with Crippen molar-refractivity contribution in [2.75, 3.05) is 6.61 Å². The van der Waals surface area contributed by atoms with Crippen LogP contribution in [0.5, 0.6) is 5.75 Å². The van der Waals surface area contributed by atoms with Crippen molar-refractivity contribution in [2.24, 2.45) is 0 Å². The summed E-state index contributed by atoms with van der Waals surface area (Å²) in [5.74, 6) is 0.881. The lowest BCUT2D eigenvalue weighted by molar-refractivity contribution is 0.361. The summed E-state index contributed by atoms with van der Waals surface area (Å²) in [4.78, 5) is 0. The van der Waals surface area contributed by atoms with Crippen LogP contribution in [0.1, 0.15) is 11.1 Å². The minimum Gasteiger partial charge on any atom is -0.494 e. The number of ether oxygens (including phenoxy) is 1. The van der Waals surface area contributed by atoms with Crippen LogP contribution in [0.25, 0.3) is 0 Å². The molecular weight excluding hydrogens is 196 g/mol. The molecule has 0 fully saturated rings. The van der Waals surface area contributed by atoms with E-state index in [1.807, 2.05) is 18.2 Å². The summed E-state index contributed by atoms with van der Waals surface area (Å²) in [5, 5.41) is 0. The summed E-state index contributed by atoms with van der Waals surface area (Å²) >= 11 is 0. The molecule has 16 heavy (non-hydrogen) atoms. The second kappa shape index (κ2) is 5.36. The van der Waals surface area contributed by atoms with E-state index in [4.69, 9.17) is 4.74 Å². The smallest absolute Gasteiger partial charge is 0.119 e. The predicted molar refractivity (Wildman–Crippen MR) is 66.5 cm³/mol. The van der Waals surface area contributed by atoms with Crippen molar-refractivity contribution >= 4 is 0 Å². The summed E-state index contributed by atoms with van der Waals surface area (Å²) in [6, 6.07) is 18.6. The lowest BCUT2D eigenvalue weighted by atomic mass is 10.1. The van der Waals surface area contributed by atoms with Crippen LogP contribution in [-0.4, -0.2) is 6.61 Å². The number of rotatable bonds is 4. The molecule has 1 radical (unpaired) electrons. The van der Waals surface area contributed by atoms with Gasteiger partial charge in [-0.05, 0) is 36.6 Å². The van der Waals surface area contributed by atoms with E-state index in [9.17, 15) is 0 Å². The molecule has 0 spiro atoms. The third-order valence-electron chi connectivity index (χ3n) is 2.44. The molecule has 0 unspecified atom stereocenters. The van der Waals surface area contributed by atoms with Gasteiger partial charge in [0, 0.05) is 0 Å². The molecule has 0 aliphatic rings. The zero-order chi connectivity index (χ0) is 11.2. The van der Waals surface area contributed by atoms with Crippen molar-refractivity contribution in [1.82, 2.24) is 0 Å². The predicted octanol–water partition coefficient (Wildman–Crippen LogP) is 3.49. The van der Waals surface area contributed by atoms with E-state index in [1.54, 1.807) is 0 Å². The molecule has 0 saturated carbocycles. The first-order valence-corrected chi connectivity index (χ1v) is 5.43. The van der Waals surface area contributed by atoms with E-state index in [0.717, 1.165) is 12.2 Å². The minimum atomic E-state index is 0.470. The highest BCUT2D eigenvalue weighted by Crippen LogP contribution is 2.14. The van der Waals surface area contributed by atoms with Crippen LogP contribution in [0.2, 0.25) is 0 Å². The molecule has 1 heteroatoms.